The van der Waals surface area contributed by atoms with E-state index in [2.05, 4.69) is 38.5 Å². The van der Waals surface area contributed by atoms with Gasteiger partial charge in [0.1, 0.15) is 5.82 Å². The van der Waals surface area contributed by atoms with Gasteiger partial charge >= 0.3 is 6.03 Å². The van der Waals surface area contributed by atoms with Gasteiger partial charge in [-0.1, -0.05) is 0 Å². The molecule has 4 nitrogen and oxygen atoms in total. The number of carbonyl (C=O) groups is 1. The molecule has 6 heteroatoms. The second kappa shape index (κ2) is 6.54. The summed E-state index contributed by atoms with van der Waals surface area (Å²) < 4.78 is 13.7. The van der Waals surface area contributed by atoms with Gasteiger partial charge < -0.3 is 15.5 Å². The van der Waals surface area contributed by atoms with E-state index in [1.807, 2.05) is 0 Å². The molecule has 0 saturated carbocycles. The number of piperidine rings is 1. The molecule has 2 N–H and O–H groups in total. The monoisotopic (exact) mass is 343 g/mol. The molecule has 110 valence electrons. The summed E-state index contributed by atoms with van der Waals surface area (Å²) in [6.45, 7) is 3.75. The highest BCUT2D eigenvalue weighted by Crippen LogP contribution is 2.24. The van der Waals surface area contributed by atoms with Crippen molar-refractivity contribution in [2.45, 2.75) is 25.8 Å². The van der Waals surface area contributed by atoms with Crippen LogP contribution in [-0.4, -0.2) is 37.1 Å². The topological polar surface area (TPSA) is 44.4 Å². The molecule has 1 aromatic rings. The third kappa shape index (κ3) is 3.93. The summed E-state index contributed by atoms with van der Waals surface area (Å²) in [6, 6.07) is 2.95. The maximum absolute atomic E-state index is 13.3. The van der Waals surface area contributed by atoms with E-state index in [1.54, 1.807) is 13.0 Å². The molecule has 1 heterocycles. The average Bonchev–Trinajstić information content (AvgIpc) is 2.39. The number of hydrogen-bond acceptors (Lipinski definition) is 2. The van der Waals surface area contributed by atoms with Gasteiger partial charge in [-0.15, -0.1) is 0 Å². The lowest BCUT2D eigenvalue weighted by molar-refractivity contribution is 0.221. The van der Waals surface area contributed by atoms with Crippen LogP contribution >= 0.6 is 15.9 Å². The van der Waals surface area contributed by atoms with E-state index in [0.717, 1.165) is 25.9 Å². The van der Waals surface area contributed by atoms with Crippen molar-refractivity contribution in [2.75, 3.05) is 25.5 Å². The lowest BCUT2D eigenvalue weighted by Crippen LogP contribution is -2.44. The average molecular weight is 344 g/mol. The summed E-state index contributed by atoms with van der Waals surface area (Å²) in [5, 5.41) is 5.74. The molecule has 0 aliphatic carbocycles. The van der Waals surface area contributed by atoms with Gasteiger partial charge in [0.05, 0.1) is 4.47 Å². The van der Waals surface area contributed by atoms with Crippen molar-refractivity contribution in [1.29, 1.82) is 0 Å². The van der Waals surface area contributed by atoms with Gasteiger partial charge in [-0.2, -0.15) is 0 Å². The molecular formula is C14H19BrFN3O. The van der Waals surface area contributed by atoms with Gasteiger partial charge in [0, 0.05) is 11.7 Å². The van der Waals surface area contributed by atoms with Crippen molar-refractivity contribution < 1.29 is 9.18 Å². The Morgan fingerprint density at radius 1 is 1.40 bits per heavy atom. The number of nitrogens with zero attached hydrogens (tertiary/aromatic N) is 1. The zero-order chi connectivity index (χ0) is 14.7. The maximum atomic E-state index is 13.3. The Bertz CT molecular complexity index is 501. The minimum atomic E-state index is -0.330. The van der Waals surface area contributed by atoms with Crippen molar-refractivity contribution in [2.24, 2.45) is 0 Å². The minimum absolute atomic E-state index is 0.204. The first-order valence-corrected chi connectivity index (χ1v) is 7.46. The number of benzene rings is 1. The number of hydrogen-bond donors (Lipinski definition) is 2. The molecule has 0 atom stereocenters. The van der Waals surface area contributed by atoms with E-state index < -0.39 is 0 Å². The van der Waals surface area contributed by atoms with Crippen LogP contribution in [0, 0.1) is 12.7 Å². The van der Waals surface area contributed by atoms with Crippen molar-refractivity contribution in [1.82, 2.24) is 10.2 Å². The third-order valence-corrected chi connectivity index (χ3v) is 4.18. The Kier molecular flexibility index (Phi) is 4.99. The minimum Gasteiger partial charge on any atom is -0.335 e. The van der Waals surface area contributed by atoms with E-state index >= 15 is 0 Å². The zero-order valence-corrected chi connectivity index (χ0v) is 13.3. The fourth-order valence-corrected chi connectivity index (χ4v) is 2.62. The summed E-state index contributed by atoms with van der Waals surface area (Å²) in [4.78, 5) is 14.2. The highest BCUT2D eigenvalue weighted by molar-refractivity contribution is 9.10. The van der Waals surface area contributed by atoms with Crippen LogP contribution in [0.15, 0.2) is 16.6 Å². The van der Waals surface area contributed by atoms with Crippen molar-refractivity contribution in [3.05, 3.63) is 28.0 Å². The van der Waals surface area contributed by atoms with Gasteiger partial charge in [0.15, 0.2) is 0 Å². The van der Waals surface area contributed by atoms with E-state index in [4.69, 9.17) is 0 Å². The molecular weight excluding hydrogens is 325 g/mol. The number of rotatable bonds is 2. The molecule has 0 unspecified atom stereocenters. The number of nitrogens with one attached hydrogen (secondary N) is 2. The lowest BCUT2D eigenvalue weighted by Gasteiger charge is -2.29. The summed E-state index contributed by atoms with van der Waals surface area (Å²) in [5.41, 5.74) is 1.31. The summed E-state index contributed by atoms with van der Waals surface area (Å²) >= 11 is 3.12. The number of halogens is 2. The molecule has 1 fully saturated rings. The molecule has 1 saturated heterocycles. The smallest absolute Gasteiger partial charge is 0.319 e. The van der Waals surface area contributed by atoms with Crippen molar-refractivity contribution >= 4 is 27.6 Å². The summed E-state index contributed by atoms with van der Waals surface area (Å²) in [7, 11) is 2.08. The van der Waals surface area contributed by atoms with Crippen LogP contribution in [0.5, 0.6) is 0 Å². The molecule has 2 rings (SSSR count). The van der Waals surface area contributed by atoms with E-state index in [-0.39, 0.29) is 17.9 Å². The quantitative estimate of drug-likeness (QED) is 0.866. The van der Waals surface area contributed by atoms with Gasteiger partial charge in [0.25, 0.3) is 0 Å². The number of likely N-dealkylation sites (tertiary alicyclic amines) is 1. The Hall–Kier alpha value is -1.14. The van der Waals surface area contributed by atoms with Gasteiger partial charge in [-0.05, 0) is 73.5 Å². The van der Waals surface area contributed by atoms with E-state index in [1.165, 1.54) is 6.07 Å². The van der Waals surface area contributed by atoms with Crippen LogP contribution in [0.3, 0.4) is 0 Å². The highest BCUT2D eigenvalue weighted by Gasteiger charge is 2.18. The molecule has 0 radical (unpaired) electrons. The Labute approximate surface area is 126 Å². The fraction of sp³-hybridized carbons (Fsp3) is 0.500. The fourth-order valence-electron chi connectivity index (χ4n) is 2.28. The van der Waals surface area contributed by atoms with Crippen LogP contribution in [0.2, 0.25) is 0 Å². The van der Waals surface area contributed by atoms with Crippen molar-refractivity contribution in [3.8, 4) is 0 Å². The van der Waals surface area contributed by atoms with Crippen LogP contribution in [0.4, 0.5) is 14.9 Å². The second-order valence-corrected chi connectivity index (χ2v) is 6.11. The van der Waals surface area contributed by atoms with E-state index in [0.29, 0.717) is 15.7 Å². The molecule has 0 bridgehead atoms. The number of amides is 2. The molecule has 0 aromatic heterocycles. The van der Waals surface area contributed by atoms with Crippen LogP contribution in [0.1, 0.15) is 18.4 Å². The van der Waals surface area contributed by atoms with E-state index in [9.17, 15) is 9.18 Å². The number of urea groups is 1. The normalized spacial score (nSPS) is 17.0. The number of carbonyl (C=O) groups excluding carboxylic acids is 1. The molecule has 0 spiro atoms. The first kappa shape index (κ1) is 15.3. The Balaban J connectivity index is 1.93. The number of aryl methyl sites for hydroxylation is 1. The SMILES string of the molecule is Cc1cc(F)c(Br)cc1NC(=O)NC1CCN(C)CC1. The first-order chi connectivity index (χ1) is 9.45. The van der Waals surface area contributed by atoms with Crippen molar-refractivity contribution in [3.63, 3.8) is 0 Å². The molecule has 20 heavy (non-hydrogen) atoms. The predicted molar refractivity (Wildman–Crippen MR) is 81.5 cm³/mol. The Morgan fingerprint density at radius 3 is 2.70 bits per heavy atom. The van der Waals surface area contributed by atoms with Crippen LogP contribution < -0.4 is 10.6 Å². The van der Waals surface area contributed by atoms with Crippen LogP contribution in [-0.2, 0) is 0 Å². The predicted octanol–water partition coefficient (Wildman–Crippen LogP) is 3.11. The zero-order valence-electron chi connectivity index (χ0n) is 11.7. The first-order valence-electron chi connectivity index (χ1n) is 6.67. The Morgan fingerprint density at radius 2 is 2.05 bits per heavy atom. The highest BCUT2D eigenvalue weighted by atomic mass is 79.9. The molecule has 1 aromatic carbocycles. The van der Waals surface area contributed by atoms with Crippen LogP contribution in [0.25, 0.3) is 0 Å². The van der Waals surface area contributed by atoms with Gasteiger partial charge in [-0.25, -0.2) is 9.18 Å². The summed E-state index contributed by atoms with van der Waals surface area (Å²) in [6.07, 6.45) is 1.91. The van der Waals surface area contributed by atoms with Gasteiger partial charge in [-0.3, -0.25) is 0 Å². The standard InChI is InChI=1S/C14H19BrFN3O/c1-9-7-12(16)11(15)8-13(9)18-14(20)17-10-3-5-19(2)6-4-10/h7-8,10H,3-6H2,1-2H3,(H2,17,18,20). The molecule has 1 aliphatic heterocycles. The largest absolute Gasteiger partial charge is 0.335 e. The summed E-state index contributed by atoms with van der Waals surface area (Å²) in [5.74, 6) is -0.330. The number of anilines is 1. The molecule has 1 aliphatic rings. The molecule has 2 amide bonds. The maximum Gasteiger partial charge on any atom is 0.319 e. The van der Waals surface area contributed by atoms with Gasteiger partial charge in [0.2, 0.25) is 0 Å². The second-order valence-electron chi connectivity index (χ2n) is 5.26. The lowest BCUT2D eigenvalue weighted by atomic mass is 10.1. The third-order valence-electron chi connectivity index (χ3n) is 3.57.